The average molecular weight is 523 g/mol. The first-order valence-corrected chi connectivity index (χ1v) is 13.1. The summed E-state index contributed by atoms with van der Waals surface area (Å²) in [6.07, 6.45) is 9.47. The molecule has 4 rings (SSSR count). The smallest absolute Gasteiger partial charge is 0.247 e. The molecule has 1 saturated carbocycles. The standard InChI is InChI=1S/C28H35ClN6O2/c1-20(22-8-4-3-5-9-22)26(27(36)31-19-21-10-12-23(29)13-11-21)32-24-18-25(35-15-6-7-16-35)34-28(33-24)30-14-17-37-2/h6-7,10-13,15-16,18,22,26H,1,3-5,8-9,14,17,19H2,2H3,(H,31,36)(H2,30,32,33,34)/t26-/m1/s1. The van der Waals surface area contributed by atoms with Gasteiger partial charge in [0, 0.05) is 43.7 Å². The fraction of sp³-hybridized carbons (Fsp3) is 0.393. The van der Waals surface area contributed by atoms with Crippen LogP contribution in [0.15, 0.2) is 67.0 Å². The second-order valence-electron chi connectivity index (χ2n) is 9.28. The molecular formula is C28H35ClN6O2. The SMILES string of the molecule is C=C(C1CCCCC1)[C@@H](Nc1cc(-n2cccc2)nc(NCCOC)n1)C(=O)NCc1ccc(Cl)cc1. The second kappa shape index (κ2) is 13.3. The normalized spacial score (nSPS) is 14.6. The van der Waals surface area contributed by atoms with Gasteiger partial charge in [0.1, 0.15) is 17.7 Å². The number of anilines is 2. The first-order chi connectivity index (χ1) is 18.0. The number of carbonyl (C=O) groups excluding carboxylic acids is 1. The van der Waals surface area contributed by atoms with Gasteiger partial charge in [0.2, 0.25) is 11.9 Å². The van der Waals surface area contributed by atoms with Crippen LogP contribution in [0.25, 0.3) is 5.82 Å². The number of halogens is 1. The third-order valence-corrected chi connectivity index (χ3v) is 6.86. The van der Waals surface area contributed by atoms with Crippen LogP contribution in [0.1, 0.15) is 37.7 Å². The van der Waals surface area contributed by atoms with Crippen LogP contribution in [-0.2, 0) is 16.1 Å². The lowest BCUT2D eigenvalue weighted by Crippen LogP contribution is -2.42. The molecule has 0 unspecified atom stereocenters. The Morgan fingerprint density at radius 1 is 1.16 bits per heavy atom. The minimum absolute atomic E-state index is 0.138. The van der Waals surface area contributed by atoms with Crippen LogP contribution in [0.4, 0.5) is 11.8 Å². The highest BCUT2D eigenvalue weighted by Gasteiger charge is 2.29. The van der Waals surface area contributed by atoms with Crippen molar-refractivity contribution in [3.05, 3.63) is 77.6 Å². The number of benzene rings is 1. The highest BCUT2D eigenvalue weighted by atomic mass is 35.5. The third kappa shape index (κ3) is 7.57. The van der Waals surface area contributed by atoms with Gasteiger partial charge in [-0.1, -0.05) is 49.6 Å². The molecule has 1 aromatic carbocycles. The van der Waals surface area contributed by atoms with Crippen molar-refractivity contribution in [2.24, 2.45) is 5.92 Å². The molecule has 1 atom stereocenters. The Morgan fingerprint density at radius 3 is 2.59 bits per heavy atom. The average Bonchev–Trinajstić information content (AvgIpc) is 3.47. The summed E-state index contributed by atoms with van der Waals surface area (Å²) < 4.78 is 7.05. The predicted octanol–water partition coefficient (Wildman–Crippen LogP) is 5.21. The van der Waals surface area contributed by atoms with Gasteiger partial charge < -0.3 is 25.3 Å². The van der Waals surface area contributed by atoms with Gasteiger partial charge in [-0.05, 0) is 54.2 Å². The number of methoxy groups -OCH3 is 1. The summed E-state index contributed by atoms with van der Waals surface area (Å²) in [6.45, 7) is 5.88. The molecule has 9 heteroatoms. The van der Waals surface area contributed by atoms with E-state index in [1.54, 1.807) is 7.11 Å². The molecule has 0 radical (unpaired) electrons. The molecule has 3 aromatic rings. The molecule has 8 nitrogen and oxygen atoms in total. The van der Waals surface area contributed by atoms with Gasteiger partial charge in [0.25, 0.3) is 0 Å². The number of carbonyl (C=O) groups is 1. The molecule has 0 spiro atoms. The van der Waals surface area contributed by atoms with Crippen LogP contribution in [0, 0.1) is 5.92 Å². The fourth-order valence-electron chi connectivity index (χ4n) is 4.55. The Kier molecular flexibility index (Phi) is 9.57. The van der Waals surface area contributed by atoms with Gasteiger partial charge in [-0.2, -0.15) is 9.97 Å². The second-order valence-corrected chi connectivity index (χ2v) is 9.71. The largest absolute Gasteiger partial charge is 0.383 e. The van der Waals surface area contributed by atoms with Crippen molar-refractivity contribution in [1.82, 2.24) is 19.9 Å². The number of amides is 1. The molecule has 1 fully saturated rings. The zero-order chi connectivity index (χ0) is 26.0. The van der Waals surface area contributed by atoms with E-state index in [4.69, 9.17) is 16.3 Å². The van der Waals surface area contributed by atoms with Gasteiger partial charge in [0.15, 0.2) is 0 Å². The highest BCUT2D eigenvalue weighted by Crippen LogP contribution is 2.31. The molecule has 1 aliphatic rings. The molecule has 3 N–H and O–H groups in total. The topological polar surface area (TPSA) is 93.1 Å². The Labute approximate surface area is 223 Å². The van der Waals surface area contributed by atoms with Crippen molar-refractivity contribution in [3.8, 4) is 5.82 Å². The van der Waals surface area contributed by atoms with Gasteiger partial charge in [-0.3, -0.25) is 4.79 Å². The van der Waals surface area contributed by atoms with E-state index >= 15 is 0 Å². The van der Waals surface area contributed by atoms with E-state index in [0.717, 1.165) is 36.8 Å². The van der Waals surface area contributed by atoms with E-state index in [-0.39, 0.29) is 11.8 Å². The minimum Gasteiger partial charge on any atom is -0.383 e. The summed E-state index contributed by atoms with van der Waals surface area (Å²) in [6, 6.07) is 12.5. The van der Waals surface area contributed by atoms with Crippen molar-refractivity contribution in [2.45, 2.75) is 44.7 Å². The van der Waals surface area contributed by atoms with E-state index in [9.17, 15) is 4.79 Å². The van der Waals surface area contributed by atoms with Crippen molar-refractivity contribution >= 4 is 29.3 Å². The molecular weight excluding hydrogens is 488 g/mol. The maximum Gasteiger partial charge on any atom is 0.247 e. The molecule has 1 aliphatic carbocycles. The van der Waals surface area contributed by atoms with Crippen LogP contribution >= 0.6 is 11.6 Å². The lowest BCUT2D eigenvalue weighted by atomic mass is 9.81. The van der Waals surface area contributed by atoms with Crippen LogP contribution in [-0.4, -0.2) is 46.7 Å². The molecule has 0 bridgehead atoms. The Balaban J connectivity index is 1.57. The van der Waals surface area contributed by atoms with Crippen molar-refractivity contribution in [1.29, 1.82) is 0 Å². The number of rotatable bonds is 12. The van der Waals surface area contributed by atoms with Crippen LogP contribution < -0.4 is 16.0 Å². The van der Waals surface area contributed by atoms with E-state index in [0.29, 0.717) is 42.3 Å². The van der Waals surface area contributed by atoms with Gasteiger partial charge in [-0.15, -0.1) is 0 Å². The van der Waals surface area contributed by atoms with Crippen molar-refractivity contribution in [2.75, 3.05) is 30.9 Å². The first-order valence-electron chi connectivity index (χ1n) is 12.8. The maximum absolute atomic E-state index is 13.5. The lowest BCUT2D eigenvalue weighted by molar-refractivity contribution is -0.121. The van der Waals surface area contributed by atoms with E-state index in [1.165, 1.54) is 6.42 Å². The van der Waals surface area contributed by atoms with Gasteiger partial charge in [-0.25, -0.2) is 0 Å². The van der Waals surface area contributed by atoms with E-state index in [2.05, 4.69) is 32.5 Å². The number of nitrogens with zero attached hydrogens (tertiary/aromatic N) is 3. The number of nitrogens with one attached hydrogen (secondary N) is 3. The van der Waals surface area contributed by atoms with Crippen LogP contribution in [0.5, 0.6) is 0 Å². The summed E-state index contributed by atoms with van der Waals surface area (Å²) in [4.78, 5) is 22.8. The van der Waals surface area contributed by atoms with E-state index in [1.807, 2.05) is 59.4 Å². The molecule has 196 valence electrons. The monoisotopic (exact) mass is 522 g/mol. The quantitative estimate of drug-likeness (QED) is 0.223. The number of ether oxygens (including phenoxy) is 1. The van der Waals surface area contributed by atoms with Crippen LogP contribution in [0.2, 0.25) is 5.02 Å². The minimum atomic E-state index is -0.630. The fourth-order valence-corrected chi connectivity index (χ4v) is 4.67. The molecule has 37 heavy (non-hydrogen) atoms. The molecule has 0 aliphatic heterocycles. The van der Waals surface area contributed by atoms with Crippen LogP contribution in [0.3, 0.4) is 0 Å². The van der Waals surface area contributed by atoms with Gasteiger partial charge in [0.05, 0.1) is 6.61 Å². The molecule has 0 saturated heterocycles. The molecule has 2 aromatic heterocycles. The Morgan fingerprint density at radius 2 is 1.89 bits per heavy atom. The summed E-state index contributed by atoms with van der Waals surface area (Å²) in [7, 11) is 1.65. The van der Waals surface area contributed by atoms with Gasteiger partial charge >= 0.3 is 0 Å². The Bertz CT molecular complexity index is 1160. The number of aromatic nitrogens is 3. The Hall–Kier alpha value is -3.36. The summed E-state index contributed by atoms with van der Waals surface area (Å²) in [5.74, 6) is 1.83. The van der Waals surface area contributed by atoms with Crippen molar-refractivity contribution in [3.63, 3.8) is 0 Å². The number of hydrogen-bond donors (Lipinski definition) is 3. The first kappa shape index (κ1) is 26.7. The summed E-state index contributed by atoms with van der Waals surface area (Å²) in [5, 5.41) is 10.3. The lowest BCUT2D eigenvalue weighted by Gasteiger charge is -2.29. The van der Waals surface area contributed by atoms with Crippen molar-refractivity contribution < 1.29 is 9.53 Å². The summed E-state index contributed by atoms with van der Waals surface area (Å²) >= 11 is 6.01. The highest BCUT2D eigenvalue weighted by molar-refractivity contribution is 6.30. The maximum atomic E-state index is 13.5. The van der Waals surface area contributed by atoms with E-state index < -0.39 is 6.04 Å². The number of hydrogen-bond acceptors (Lipinski definition) is 6. The summed E-state index contributed by atoms with van der Waals surface area (Å²) in [5.41, 5.74) is 1.87. The predicted molar refractivity (Wildman–Crippen MR) is 148 cm³/mol. The zero-order valence-electron chi connectivity index (χ0n) is 21.3. The molecule has 2 heterocycles. The molecule has 1 amide bonds. The third-order valence-electron chi connectivity index (χ3n) is 6.61. The zero-order valence-corrected chi connectivity index (χ0v) is 22.0.